The van der Waals surface area contributed by atoms with Crippen molar-refractivity contribution in [1.82, 2.24) is 9.34 Å². The maximum Gasteiger partial charge on any atom is 0.508 e. The van der Waals surface area contributed by atoms with Crippen LogP contribution in [0.15, 0.2) is 24.3 Å². The zero-order valence-electron chi connectivity index (χ0n) is 44.7. The van der Waals surface area contributed by atoms with E-state index >= 15 is 0 Å². The van der Waals surface area contributed by atoms with Gasteiger partial charge in [0.15, 0.2) is 23.0 Å². The molecular weight excluding hydrogens is 1020 g/mol. The van der Waals surface area contributed by atoms with Gasteiger partial charge in [0.2, 0.25) is 0 Å². The third-order valence-electron chi connectivity index (χ3n) is 11.0. The third kappa shape index (κ3) is 20.0. The molecule has 4 unspecified atom stereocenters. The lowest BCUT2D eigenvalue weighted by molar-refractivity contribution is -0.386. The predicted octanol–water partition coefficient (Wildman–Crippen LogP) is 8.28. The highest BCUT2D eigenvalue weighted by atomic mass is 31.2. The molecular formula is C47H70B2N6O18P2. The quantitative estimate of drug-likeness (QED) is 0.0178. The van der Waals surface area contributed by atoms with Crippen LogP contribution in [-0.2, 0) is 55.0 Å². The molecule has 2 aliphatic rings. The molecule has 0 aliphatic carbocycles. The smallest absolute Gasteiger partial charge is 0.493 e. The Morgan fingerprint density at radius 1 is 0.653 bits per heavy atom. The molecule has 0 aromatic heterocycles. The normalized spacial score (nSPS) is 20.1. The molecule has 0 saturated carbocycles. The van der Waals surface area contributed by atoms with E-state index in [4.69, 9.17) is 86.9 Å². The van der Waals surface area contributed by atoms with Gasteiger partial charge >= 0.3 is 6.16 Å². The van der Waals surface area contributed by atoms with E-state index in [9.17, 15) is 25.0 Å². The Morgan fingerprint density at radius 3 is 1.39 bits per heavy atom. The summed E-state index contributed by atoms with van der Waals surface area (Å²) in [5.41, 5.74) is -0.00472. The van der Waals surface area contributed by atoms with Crippen LogP contribution in [0.25, 0.3) is 0 Å². The average Bonchev–Trinajstić information content (AvgIpc) is 3.89. The van der Waals surface area contributed by atoms with Crippen molar-refractivity contribution in [3.8, 4) is 35.1 Å². The number of nitro benzene ring substituents is 2. The number of carbonyl (C=O) groups excluding carboxylic acids is 1. The molecule has 412 valence electrons. The van der Waals surface area contributed by atoms with Crippen LogP contribution < -0.4 is 18.9 Å². The van der Waals surface area contributed by atoms with Crippen molar-refractivity contribution in [1.29, 1.82) is 10.5 Å². The van der Waals surface area contributed by atoms with Crippen LogP contribution in [-0.4, -0.2) is 156 Å². The van der Waals surface area contributed by atoms with Gasteiger partial charge in [0.25, 0.3) is 28.4 Å². The van der Waals surface area contributed by atoms with Crippen LogP contribution in [0.4, 0.5) is 16.2 Å². The first-order valence-electron chi connectivity index (χ1n) is 24.1. The molecule has 8 atom stereocenters. The summed E-state index contributed by atoms with van der Waals surface area (Å²) >= 11 is 0. The number of nitrogens with zero attached hydrogens (tertiary/aromatic N) is 6. The first kappa shape index (κ1) is 64.6. The fraction of sp³-hybridized carbons (Fsp3) is 0.681. The minimum absolute atomic E-state index is 0.0456. The lowest BCUT2D eigenvalue weighted by atomic mass is 9.96. The average molecular weight is 1090 g/mol. The summed E-state index contributed by atoms with van der Waals surface area (Å²) in [5.74, 6) is 1.04. The van der Waals surface area contributed by atoms with E-state index in [-0.39, 0.29) is 104 Å². The lowest BCUT2D eigenvalue weighted by Gasteiger charge is -2.37. The summed E-state index contributed by atoms with van der Waals surface area (Å²) in [6.45, 7) is 16.1. The topological polar surface area (TPSA) is 277 Å². The molecule has 0 N–H and O–H groups in total. The van der Waals surface area contributed by atoms with Crippen molar-refractivity contribution < 1.29 is 75.4 Å². The molecule has 4 radical (unpaired) electrons. The number of benzene rings is 2. The summed E-state index contributed by atoms with van der Waals surface area (Å²) in [7, 11) is 14.6. The standard InChI is InChI=1S/C24H35BN3O10P.C23H35BN3O8P/c1-15(2)27(16(3)4)39(36-9-7-8-26)38-21-12-23(25)37-22(21)14-35-24(29)34-13-17-10-19(32-5)20(33-6)11-18(17)28(30)31;1-15(2)26(16(3)4)36(33-9-7-8-25)35-21-12-23(24)34-22(21)14-32-13-17-10-19(30-5)20(31-6)11-18(17)27(28)29/h10-11,15-16,21-23H,7,9,12-14H2,1-6H3;10-11,15-16,21-23H,7,9,12-14H2,1-6H3/t21?,22-,23-,39?;21?,22-,23-,36?/m11/s1. The van der Waals surface area contributed by atoms with E-state index in [1.54, 1.807) is 0 Å². The molecule has 2 aliphatic heterocycles. The highest BCUT2D eigenvalue weighted by Crippen LogP contribution is 2.50. The van der Waals surface area contributed by atoms with Gasteiger partial charge in [-0.15, -0.1) is 0 Å². The van der Waals surface area contributed by atoms with Crippen LogP contribution in [0, 0.1) is 42.9 Å². The molecule has 2 fully saturated rings. The lowest BCUT2D eigenvalue weighted by Crippen LogP contribution is -2.36. The van der Waals surface area contributed by atoms with Gasteiger partial charge in [-0.05, 0) is 80.4 Å². The maximum absolute atomic E-state index is 12.3. The van der Waals surface area contributed by atoms with E-state index in [0.717, 1.165) is 0 Å². The first-order chi connectivity index (χ1) is 35.6. The van der Waals surface area contributed by atoms with Crippen LogP contribution in [0.1, 0.15) is 92.2 Å². The third-order valence-corrected chi connectivity index (χ3v) is 15.4. The van der Waals surface area contributed by atoms with Crippen LogP contribution in [0.5, 0.6) is 23.0 Å². The van der Waals surface area contributed by atoms with E-state index in [2.05, 4.69) is 49.2 Å². The second kappa shape index (κ2) is 32.8. The second-order valence-electron chi connectivity index (χ2n) is 17.8. The summed E-state index contributed by atoms with van der Waals surface area (Å²) in [6, 6.07) is 8.82. The Bertz CT molecular complexity index is 2190. The van der Waals surface area contributed by atoms with Gasteiger partial charge in [0, 0.05) is 36.2 Å². The number of methoxy groups -OCH3 is 4. The Labute approximate surface area is 444 Å². The second-order valence-corrected chi connectivity index (χ2v) is 20.6. The van der Waals surface area contributed by atoms with Crippen molar-refractivity contribution in [2.24, 2.45) is 0 Å². The van der Waals surface area contributed by atoms with Crippen LogP contribution in [0.2, 0.25) is 0 Å². The highest BCUT2D eigenvalue weighted by Gasteiger charge is 2.41. The molecule has 2 aromatic carbocycles. The van der Waals surface area contributed by atoms with Crippen molar-refractivity contribution >= 4 is 50.3 Å². The zero-order valence-corrected chi connectivity index (χ0v) is 46.5. The van der Waals surface area contributed by atoms with E-state index in [0.29, 0.717) is 24.2 Å². The van der Waals surface area contributed by atoms with Gasteiger partial charge in [-0.2, -0.15) is 10.5 Å². The van der Waals surface area contributed by atoms with Crippen molar-refractivity contribution in [2.45, 2.75) is 155 Å². The van der Waals surface area contributed by atoms with E-state index in [1.807, 2.05) is 27.7 Å². The van der Waals surface area contributed by atoms with Crippen molar-refractivity contribution in [3.63, 3.8) is 0 Å². The number of nitriles is 2. The first-order valence-corrected chi connectivity index (χ1v) is 26.4. The maximum atomic E-state index is 12.3. The van der Waals surface area contributed by atoms with Crippen molar-refractivity contribution in [2.75, 3.05) is 54.9 Å². The van der Waals surface area contributed by atoms with Crippen LogP contribution in [0.3, 0.4) is 0 Å². The van der Waals surface area contributed by atoms with Crippen LogP contribution >= 0.6 is 17.1 Å². The summed E-state index contributed by atoms with van der Waals surface area (Å²) in [6.07, 6.45) is -1.96. The van der Waals surface area contributed by atoms with Gasteiger partial charge < -0.3 is 60.7 Å². The van der Waals surface area contributed by atoms with E-state index < -0.39 is 76.1 Å². The fourth-order valence-electron chi connectivity index (χ4n) is 7.84. The van der Waals surface area contributed by atoms with Gasteiger partial charge in [-0.3, -0.25) is 20.2 Å². The Morgan fingerprint density at radius 2 is 1.03 bits per heavy atom. The van der Waals surface area contributed by atoms with Crippen molar-refractivity contribution in [3.05, 3.63) is 55.6 Å². The molecule has 0 bridgehead atoms. The fourth-order valence-corrected chi connectivity index (χ4v) is 11.4. The van der Waals surface area contributed by atoms with Gasteiger partial charge in [0.05, 0.1) is 125 Å². The Balaban J connectivity index is 0.000000397. The summed E-state index contributed by atoms with van der Waals surface area (Å²) in [5, 5.41) is 40.9. The number of carbonyl (C=O) groups is 1. The highest BCUT2D eigenvalue weighted by molar-refractivity contribution is 7.44. The number of hydrogen-bond donors (Lipinski definition) is 0. The molecule has 2 saturated heterocycles. The zero-order chi connectivity index (χ0) is 55.9. The van der Waals surface area contributed by atoms with Gasteiger partial charge in [-0.1, -0.05) is 0 Å². The van der Waals surface area contributed by atoms with Gasteiger partial charge in [-0.25, -0.2) is 14.1 Å². The molecule has 2 heterocycles. The Kier molecular flexibility index (Phi) is 28.3. The largest absolute Gasteiger partial charge is 0.508 e. The molecule has 0 spiro atoms. The molecule has 2 aromatic rings. The summed E-state index contributed by atoms with van der Waals surface area (Å²) < 4.78 is 77.2. The monoisotopic (exact) mass is 1090 g/mol. The molecule has 24 nitrogen and oxygen atoms in total. The molecule has 0 amide bonds. The van der Waals surface area contributed by atoms with Gasteiger partial charge in [0.1, 0.15) is 41.1 Å². The molecule has 28 heteroatoms. The summed E-state index contributed by atoms with van der Waals surface area (Å²) in [4.78, 5) is 34.3. The molecule has 4 rings (SSSR count). The number of rotatable bonds is 30. The number of ether oxygens (including phenoxy) is 9. The predicted molar refractivity (Wildman–Crippen MR) is 276 cm³/mol. The number of nitro groups is 2. The SMILES string of the molecule is [B][C@H]1CC(OP(OCCC#N)N(C(C)C)C(C)C)[C@@H](COC(=O)OCc2cc(OC)c(OC)cc2[N+](=O)[O-])O1.[B][C@H]1CC(OP(OCCC#N)N(C(C)C)C(C)C)[C@@H](COCc2cc(OC)c(OC)cc2[N+](=O)[O-])O1. The number of hydrogen-bond acceptors (Lipinski definition) is 22. The van der Waals surface area contributed by atoms with E-state index in [1.165, 1.54) is 52.7 Å². The minimum Gasteiger partial charge on any atom is -0.493 e. The Hall–Kier alpha value is -4.68. The molecule has 75 heavy (non-hydrogen) atoms. The minimum atomic E-state index is -1.56.